The Morgan fingerprint density at radius 3 is 2.00 bits per heavy atom. The maximum absolute atomic E-state index is 10.8. The van der Waals surface area contributed by atoms with Gasteiger partial charge in [0, 0.05) is 49.0 Å². The quantitative estimate of drug-likeness (QED) is 0.632. The zero-order valence-corrected chi connectivity index (χ0v) is 14.6. The summed E-state index contributed by atoms with van der Waals surface area (Å²) in [5.41, 5.74) is 0. The van der Waals surface area contributed by atoms with Crippen LogP contribution in [0.5, 0.6) is 0 Å². The van der Waals surface area contributed by atoms with Gasteiger partial charge in [0.05, 0.1) is 0 Å². The first-order chi connectivity index (χ1) is 8.72. The van der Waals surface area contributed by atoms with E-state index in [2.05, 4.69) is 12.2 Å². The molecule has 0 fully saturated rings. The fourth-order valence-electron chi connectivity index (χ4n) is 0.953. The number of benzene rings is 1. The fourth-order valence-corrected chi connectivity index (χ4v) is 1.49. The molecule has 3 nitrogen and oxygen atoms in total. The van der Waals surface area contributed by atoms with Gasteiger partial charge in [-0.15, -0.1) is 13.1 Å². The molecule has 0 aliphatic carbocycles. The van der Waals surface area contributed by atoms with Gasteiger partial charge in [0.25, 0.3) is 0 Å². The van der Waals surface area contributed by atoms with E-state index < -0.39 is 10.8 Å². The second-order valence-corrected chi connectivity index (χ2v) is 4.54. The predicted molar refractivity (Wildman–Crippen MR) is 80.6 cm³/mol. The third kappa shape index (κ3) is 18.0. The van der Waals surface area contributed by atoms with Crippen molar-refractivity contribution < 1.29 is 29.7 Å². The van der Waals surface area contributed by atoms with Crippen LogP contribution >= 0.6 is 0 Å². The van der Waals surface area contributed by atoms with Crippen LogP contribution < -0.4 is 0 Å². The van der Waals surface area contributed by atoms with Gasteiger partial charge >= 0.3 is 0 Å². The minimum atomic E-state index is -0.829. The van der Waals surface area contributed by atoms with Gasteiger partial charge in [0.15, 0.2) is 0 Å². The smallest absolute Gasteiger partial charge is 0.0498 e. The maximum atomic E-state index is 10.8. The van der Waals surface area contributed by atoms with Crippen LogP contribution in [-0.4, -0.2) is 35.3 Å². The van der Waals surface area contributed by atoms with Crippen molar-refractivity contribution in [2.75, 3.05) is 26.0 Å². The van der Waals surface area contributed by atoms with E-state index in [1.807, 2.05) is 44.2 Å². The largest absolute Gasteiger partial charge is 0.660 e. The molecule has 0 amide bonds. The Morgan fingerprint density at radius 1 is 1.16 bits per heavy atom. The van der Waals surface area contributed by atoms with E-state index in [1.165, 1.54) is 0 Å². The Hall–Kier alpha value is -0.0477. The van der Waals surface area contributed by atoms with E-state index in [-0.39, 0.29) is 27.0 Å². The second kappa shape index (κ2) is 20.3. The van der Waals surface area contributed by atoms with E-state index in [9.17, 15) is 4.21 Å². The van der Waals surface area contributed by atoms with Crippen LogP contribution in [0.15, 0.2) is 35.2 Å². The molecule has 0 aromatic heterocycles. The normalized spacial score (nSPS) is 9.95. The number of rotatable bonds is 5. The molecule has 116 valence electrons. The molecule has 0 radical (unpaired) electrons. The standard InChI is InChI=1S/C7H8OS.C5H12NO.C2H6.Pd/c1-9(8)7-5-3-2-4-6-7;1-2-3-6-4-5-7;1-2;/h2-6H,1H3;7H,2-5H2,1H3;1-2H3;/q;-1;;. The summed E-state index contributed by atoms with van der Waals surface area (Å²) in [5, 5.41) is 12.2. The first-order valence-corrected chi connectivity index (χ1v) is 7.90. The number of aliphatic hydroxyl groups excluding tert-OH is 1. The molecule has 0 spiro atoms. The van der Waals surface area contributed by atoms with E-state index in [1.54, 1.807) is 6.26 Å². The molecule has 1 aromatic rings. The van der Waals surface area contributed by atoms with Gasteiger partial charge in [-0.25, -0.2) is 0 Å². The number of hydrogen-bond donors (Lipinski definition) is 1. The van der Waals surface area contributed by atoms with Crippen LogP contribution in [0.25, 0.3) is 5.32 Å². The zero-order chi connectivity index (χ0) is 14.2. The van der Waals surface area contributed by atoms with Gasteiger partial charge in [-0.2, -0.15) is 0 Å². The second-order valence-electron chi connectivity index (χ2n) is 3.16. The van der Waals surface area contributed by atoms with Gasteiger partial charge in [0.1, 0.15) is 0 Å². The van der Waals surface area contributed by atoms with E-state index in [4.69, 9.17) is 5.11 Å². The van der Waals surface area contributed by atoms with Crippen LogP contribution in [0.3, 0.4) is 0 Å². The number of aliphatic hydroxyl groups is 1. The summed E-state index contributed by atoms with van der Waals surface area (Å²) < 4.78 is 10.8. The Kier molecular flexibility index (Phi) is 25.6. The molecular weight excluding hydrogens is 353 g/mol. The summed E-state index contributed by atoms with van der Waals surface area (Å²) in [4.78, 5) is 0.887. The van der Waals surface area contributed by atoms with Crippen molar-refractivity contribution >= 4 is 10.8 Å². The molecule has 0 saturated heterocycles. The Morgan fingerprint density at radius 2 is 1.68 bits per heavy atom. The predicted octanol–water partition coefficient (Wildman–Crippen LogP) is 3.21. The van der Waals surface area contributed by atoms with Crippen LogP contribution in [0.1, 0.15) is 27.2 Å². The van der Waals surface area contributed by atoms with Crippen molar-refractivity contribution in [3.8, 4) is 0 Å². The van der Waals surface area contributed by atoms with Gasteiger partial charge in [-0.1, -0.05) is 45.4 Å². The van der Waals surface area contributed by atoms with Crippen LogP contribution in [0.4, 0.5) is 0 Å². The molecule has 1 N–H and O–H groups in total. The summed E-state index contributed by atoms with van der Waals surface area (Å²) in [6.45, 7) is 7.76. The van der Waals surface area contributed by atoms with E-state index >= 15 is 0 Å². The maximum Gasteiger partial charge on any atom is 0.0498 e. The Bertz CT molecular complexity index is 280. The molecule has 0 saturated carbocycles. The molecule has 0 heterocycles. The van der Waals surface area contributed by atoms with Gasteiger partial charge in [0.2, 0.25) is 0 Å². The molecule has 5 heteroatoms. The van der Waals surface area contributed by atoms with Crippen LogP contribution in [0.2, 0.25) is 0 Å². The minimum Gasteiger partial charge on any atom is -0.660 e. The van der Waals surface area contributed by atoms with Crippen LogP contribution in [-0.2, 0) is 31.2 Å². The SMILES string of the molecule is CC.CCC[N-]CCO.CS(=O)c1ccccc1.[Pd]. The molecule has 1 aromatic carbocycles. The topological polar surface area (TPSA) is 51.4 Å². The molecule has 0 aliphatic rings. The van der Waals surface area contributed by atoms with Gasteiger partial charge < -0.3 is 10.4 Å². The summed E-state index contributed by atoms with van der Waals surface area (Å²) in [7, 11) is -0.829. The number of hydrogen-bond acceptors (Lipinski definition) is 2. The summed E-state index contributed by atoms with van der Waals surface area (Å²) in [6, 6.07) is 9.40. The summed E-state index contributed by atoms with van der Waals surface area (Å²) in [5.74, 6) is 0. The molecule has 0 bridgehead atoms. The summed E-state index contributed by atoms with van der Waals surface area (Å²) >= 11 is 0. The zero-order valence-electron chi connectivity index (χ0n) is 12.2. The third-order valence-corrected chi connectivity index (χ3v) is 2.65. The first kappa shape index (κ1) is 24.0. The van der Waals surface area contributed by atoms with Crippen molar-refractivity contribution in [2.45, 2.75) is 32.1 Å². The van der Waals surface area contributed by atoms with Crippen molar-refractivity contribution in [1.29, 1.82) is 0 Å². The number of nitrogens with zero attached hydrogens (tertiary/aromatic N) is 1. The average Bonchev–Trinajstić information content (AvgIpc) is 2.43. The molecule has 19 heavy (non-hydrogen) atoms. The van der Waals surface area contributed by atoms with E-state index in [0.29, 0.717) is 6.54 Å². The van der Waals surface area contributed by atoms with Crippen molar-refractivity contribution in [2.24, 2.45) is 0 Å². The van der Waals surface area contributed by atoms with Crippen molar-refractivity contribution in [3.63, 3.8) is 0 Å². The van der Waals surface area contributed by atoms with Gasteiger partial charge in [-0.3, -0.25) is 4.21 Å². The molecule has 1 atom stereocenters. The summed E-state index contributed by atoms with van der Waals surface area (Å²) in [6.07, 6.45) is 2.76. The monoisotopic (exact) mass is 378 g/mol. The van der Waals surface area contributed by atoms with Gasteiger partial charge in [-0.05, 0) is 12.1 Å². The fraction of sp³-hybridized carbons (Fsp3) is 0.571. The first-order valence-electron chi connectivity index (χ1n) is 6.35. The van der Waals surface area contributed by atoms with E-state index in [0.717, 1.165) is 17.9 Å². The molecule has 1 rings (SSSR count). The van der Waals surface area contributed by atoms with Crippen LogP contribution in [0, 0.1) is 0 Å². The molecular formula is C14H26NO2PdS-. The molecule has 0 aliphatic heterocycles. The Balaban J connectivity index is -0.000000233. The van der Waals surface area contributed by atoms with Crippen molar-refractivity contribution in [1.82, 2.24) is 0 Å². The Labute approximate surface area is 134 Å². The third-order valence-electron chi connectivity index (χ3n) is 1.71. The molecule has 1 unspecified atom stereocenters. The minimum absolute atomic E-state index is 0. The van der Waals surface area contributed by atoms with Crippen molar-refractivity contribution in [3.05, 3.63) is 35.6 Å². The average molecular weight is 379 g/mol.